The first-order valence-electron chi connectivity index (χ1n) is 12.3. The molecule has 1 aliphatic heterocycles. The number of nitrogens with one attached hydrogen (secondary N) is 1. The van der Waals surface area contributed by atoms with Crippen LogP contribution in [0, 0.1) is 11.8 Å². The van der Waals surface area contributed by atoms with Crippen molar-refractivity contribution in [2.24, 2.45) is 16.8 Å². The van der Waals surface area contributed by atoms with Gasteiger partial charge in [-0.2, -0.15) is 0 Å². The number of benzene rings is 2. The number of hydrogen-bond donors (Lipinski definition) is 2. The fraction of sp³-hybridized carbons (Fsp3) is 0.464. The number of carbonyl (C=O) groups is 2. The lowest BCUT2D eigenvalue weighted by Gasteiger charge is -2.26. The van der Waals surface area contributed by atoms with Crippen molar-refractivity contribution in [2.75, 3.05) is 11.9 Å². The smallest absolute Gasteiger partial charge is 0.272 e. The van der Waals surface area contributed by atoms with E-state index in [4.69, 9.17) is 4.99 Å². The van der Waals surface area contributed by atoms with E-state index in [2.05, 4.69) is 12.2 Å². The number of nitrogens with zero attached hydrogens (tertiary/aromatic N) is 2. The number of anilines is 1. The molecule has 2 aromatic carbocycles. The summed E-state index contributed by atoms with van der Waals surface area (Å²) >= 11 is 0. The highest BCUT2D eigenvalue weighted by Gasteiger charge is 2.34. The van der Waals surface area contributed by atoms with E-state index in [9.17, 15) is 14.7 Å². The number of aliphatic imine (C=N–C) groups is 1. The molecule has 3 atom stereocenters. The van der Waals surface area contributed by atoms with E-state index in [1.165, 1.54) is 0 Å². The normalized spacial score (nSPS) is 17.6. The fourth-order valence-corrected chi connectivity index (χ4v) is 4.44. The maximum absolute atomic E-state index is 13.4. The summed E-state index contributed by atoms with van der Waals surface area (Å²) in [5.41, 5.74) is 3.10. The minimum Gasteiger partial charge on any atom is -0.392 e. The summed E-state index contributed by atoms with van der Waals surface area (Å²) in [6.45, 7) is 6.18. The van der Waals surface area contributed by atoms with Gasteiger partial charge >= 0.3 is 0 Å². The number of aliphatic hydroxyl groups is 1. The second-order valence-electron chi connectivity index (χ2n) is 9.47. The molecule has 1 heterocycles. The molecule has 2 amide bonds. The average molecular weight is 464 g/mol. The molecule has 6 nitrogen and oxygen atoms in total. The molecule has 6 heteroatoms. The molecule has 0 saturated carbocycles. The van der Waals surface area contributed by atoms with Gasteiger partial charge in [0.05, 0.1) is 23.4 Å². The molecule has 3 rings (SSSR count). The van der Waals surface area contributed by atoms with Crippen LogP contribution >= 0.6 is 0 Å². The van der Waals surface area contributed by atoms with Crippen LogP contribution in [0.1, 0.15) is 64.0 Å². The average Bonchev–Trinajstić information content (AvgIpc) is 2.93. The molecule has 2 aromatic rings. The van der Waals surface area contributed by atoms with Crippen molar-refractivity contribution in [2.45, 2.75) is 65.1 Å². The van der Waals surface area contributed by atoms with Gasteiger partial charge in [-0.05, 0) is 24.8 Å². The number of para-hydroxylation sites is 1. The Bertz CT molecular complexity index is 1000. The second kappa shape index (κ2) is 11.9. The third-order valence-electron chi connectivity index (χ3n) is 6.30. The van der Waals surface area contributed by atoms with Crippen molar-refractivity contribution in [3.63, 3.8) is 0 Å². The van der Waals surface area contributed by atoms with E-state index in [1.54, 1.807) is 11.9 Å². The zero-order valence-electron chi connectivity index (χ0n) is 20.7. The molecule has 34 heavy (non-hydrogen) atoms. The van der Waals surface area contributed by atoms with Gasteiger partial charge in [-0.1, -0.05) is 88.6 Å². The number of hydrogen-bond acceptors (Lipinski definition) is 4. The Morgan fingerprint density at radius 2 is 1.76 bits per heavy atom. The fourth-order valence-electron chi connectivity index (χ4n) is 4.44. The van der Waals surface area contributed by atoms with Crippen molar-refractivity contribution >= 4 is 23.2 Å². The zero-order valence-corrected chi connectivity index (χ0v) is 20.7. The third-order valence-corrected chi connectivity index (χ3v) is 6.30. The lowest BCUT2D eigenvalue weighted by Crippen LogP contribution is -2.49. The molecule has 3 unspecified atom stereocenters. The quantitative estimate of drug-likeness (QED) is 0.507. The number of fused-ring (bicyclic) bond motifs is 1. The first-order valence-corrected chi connectivity index (χ1v) is 12.3. The van der Waals surface area contributed by atoms with Gasteiger partial charge in [0.25, 0.3) is 5.91 Å². The minimum absolute atomic E-state index is 0.233. The monoisotopic (exact) mass is 463 g/mol. The van der Waals surface area contributed by atoms with Crippen LogP contribution in [0.5, 0.6) is 0 Å². The topological polar surface area (TPSA) is 82.0 Å². The van der Waals surface area contributed by atoms with Crippen molar-refractivity contribution in [1.82, 2.24) is 5.32 Å². The predicted molar refractivity (Wildman–Crippen MR) is 137 cm³/mol. The van der Waals surface area contributed by atoms with Gasteiger partial charge in [0.2, 0.25) is 12.1 Å². The van der Waals surface area contributed by atoms with E-state index >= 15 is 0 Å². The van der Waals surface area contributed by atoms with Crippen LogP contribution in [0.15, 0.2) is 59.6 Å². The summed E-state index contributed by atoms with van der Waals surface area (Å²) in [4.78, 5) is 33.1. The lowest BCUT2D eigenvalue weighted by atomic mass is 9.88. The first kappa shape index (κ1) is 25.6. The van der Waals surface area contributed by atoms with E-state index in [0.717, 1.165) is 36.1 Å². The van der Waals surface area contributed by atoms with Gasteiger partial charge in [0, 0.05) is 18.2 Å². The van der Waals surface area contributed by atoms with Gasteiger partial charge in [-0.3, -0.25) is 9.59 Å². The van der Waals surface area contributed by atoms with Crippen LogP contribution in [-0.2, 0) is 9.59 Å². The molecular weight excluding hydrogens is 426 g/mol. The largest absolute Gasteiger partial charge is 0.392 e. The lowest BCUT2D eigenvalue weighted by molar-refractivity contribution is -0.133. The third kappa shape index (κ3) is 6.11. The summed E-state index contributed by atoms with van der Waals surface area (Å²) in [5.74, 6) is -0.991. The Labute approximate surface area is 203 Å². The van der Waals surface area contributed by atoms with E-state index in [0.29, 0.717) is 18.6 Å². The molecule has 0 aromatic heterocycles. The number of carbonyl (C=O) groups excluding carboxylic acids is 2. The maximum Gasteiger partial charge on any atom is 0.272 e. The van der Waals surface area contributed by atoms with E-state index in [1.807, 2.05) is 68.4 Å². The van der Waals surface area contributed by atoms with Crippen molar-refractivity contribution < 1.29 is 14.7 Å². The van der Waals surface area contributed by atoms with Crippen LogP contribution in [0.3, 0.4) is 0 Å². The molecule has 182 valence electrons. The van der Waals surface area contributed by atoms with Crippen LogP contribution in [0.4, 0.5) is 5.69 Å². The standard InChI is InChI=1S/C28H37N3O3/c1-5-6-8-17-24(32)22(18-19(2)3)27(33)30-26-28(34)31(4)23-16-12-11-15-21(23)25(29-26)20-13-9-7-10-14-20/h7,9-16,19,22,24,26,32H,5-6,8,17-18H2,1-4H3,(H,30,33). The minimum atomic E-state index is -1.07. The summed E-state index contributed by atoms with van der Waals surface area (Å²) in [6, 6.07) is 17.3. The summed E-state index contributed by atoms with van der Waals surface area (Å²) in [6.07, 6.45) is 2.23. The molecule has 0 spiro atoms. The number of unbranched alkanes of at least 4 members (excludes halogenated alkanes) is 2. The van der Waals surface area contributed by atoms with Gasteiger partial charge in [0.15, 0.2) is 0 Å². The van der Waals surface area contributed by atoms with Gasteiger partial charge in [-0.25, -0.2) is 4.99 Å². The van der Waals surface area contributed by atoms with Crippen molar-refractivity contribution in [1.29, 1.82) is 0 Å². The predicted octanol–water partition coefficient (Wildman–Crippen LogP) is 4.55. The highest BCUT2D eigenvalue weighted by molar-refractivity contribution is 6.20. The zero-order chi connectivity index (χ0) is 24.7. The molecule has 0 fully saturated rings. The van der Waals surface area contributed by atoms with Gasteiger partial charge in [-0.15, -0.1) is 0 Å². The van der Waals surface area contributed by atoms with E-state index in [-0.39, 0.29) is 17.7 Å². The summed E-state index contributed by atoms with van der Waals surface area (Å²) in [7, 11) is 1.70. The Kier molecular flexibility index (Phi) is 8.99. The molecular formula is C28H37N3O3. The Morgan fingerprint density at radius 1 is 1.09 bits per heavy atom. The Balaban J connectivity index is 1.94. The Hall–Kier alpha value is -2.99. The SMILES string of the molecule is CCCCCC(O)C(CC(C)C)C(=O)NC1N=C(c2ccccc2)c2ccccc2N(C)C1=O. The Morgan fingerprint density at radius 3 is 2.44 bits per heavy atom. The van der Waals surface area contributed by atoms with Crippen LogP contribution in [0.25, 0.3) is 0 Å². The van der Waals surface area contributed by atoms with Crippen LogP contribution in [0.2, 0.25) is 0 Å². The molecule has 0 saturated heterocycles. The maximum atomic E-state index is 13.4. The second-order valence-corrected chi connectivity index (χ2v) is 9.47. The molecule has 0 radical (unpaired) electrons. The number of rotatable bonds is 10. The highest BCUT2D eigenvalue weighted by Crippen LogP contribution is 2.28. The summed E-state index contributed by atoms with van der Waals surface area (Å²) < 4.78 is 0. The van der Waals surface area contributed by atoms with Gasteiger partial charge in [0.1, 0.15) is 0 Å². The van der Waals surface area contributed by atoms with E-state index < -0.39 is 18.2 Å². The van der Waals surface area contributed by atoms with Crippen LogP contribution < -0.4 is 10.2 Å². The van der Waals surface area contributed by atoms with Crippen molar-refractivity contribution in [3.05, 3.63) is 65.7 Å². The van der Waals surface area contributed by atoms with Gasteiger partial charge < -0.3 is 15.3 Å². The molecule has 1 aliphatic rings. The first-order chi connectivity index (χ1) is 16.3. The van der Waals surface area contributed by atoms with Crippen molar-refractivity contribution in [3.8, 4) is 0 Å². The molecule has 0 aliphatic carbocycles. The van der Waals surface area contributed by atoms with Crippen LogP contribution in [-0.4, -0.2) is 41.9 Å². The number of likely N-dealkylation sites (N-methyl/N-ethyl adjacent to an activating group) is 1. The highest BCUT2D eigenvalue weighted by atomic mass is 16.3. The number of amides is 2. The molecule has 2 N–H and O–H groups in total. The molecule has 0 bridgehead atoms. The number of aliphatic hydroxyl groups excluding tert-OH is 1. The summed E-state index contributed by atoms with van der Waals surface area (Å²) in [5, 5.41) is 13.7. The number of benzodiazepines with no additional fused rings is 1.